The molecule has 1 unspecified atom stereocenters. The number of non-ortho nitro benzene ring substituents is 1. The van der Waals surface area contributed by atoms with Crippen molar-refractivity contribution in [3.05, 3.63) is 82.4 Å². The third kappa shape index (κ3) is 4.79. The van der Waals surface area contributed by atoms with Gasteiger partial charge in [0.1, 0.15) is 0 Å². The van der Waals surface area contributed by atoms with E-state index in [2.05, 4.69) is 0 Å². The maximum atomic E-state index is 12.9. The average Bonchev–Trinajstić information content (AvgIpc) is 2.93. The Morgan fingerprint density at radius 3 is 2.44 bits per heavy atom. The average molecular weight is 388 g/mol. The Balaban J connectivity index is 1.72. The SMILES string of the molecule is O=[N+]([O-])c1ccc(S(=O)(=O)N2CC=CCC(OCc3ccccc3)C2)cc1. The van der Waals surface area contributed by atoms with Crippen LogP contribution in [0.3, 0.4) is 0 Å². The summed E-state index contributed by atoms with van der Waals surface area (Å²) >= 11 is 0. The lowest BCUT2D eigenvalue weighted by Gasteiger charge is -2.24. The third-order valence-corrected chi connectivity index (χ3v) is 6.14. The molecule has 1 aliphatic rings. The zero-order chi connectivity index (χ0) is 19.3. The van der Waals surface area contributed by atoms with E-state index in [1.165, 1.54) is 28.6 Å². The van der Waals surface area contributed by atoms with Crippen LogP contribution in [0.5, 0.6) is 0 Å². The number of nitro benzene ring substituents is 1. The van der Waals surface area contributed by atoms with Crippen LogP contribution < -0.4 is 0 Å². The second kappa shape index (κ2) is 8.43. The Hall–Kier alpha value is -2.55. The number of hydrogen-bond acceptors (Lipinski definition) is 5. The Labute approximate surface area is 158 Å². The second-order valence-electron chi connectivity index (χ2n) is 6.20. The van der Waals surface area contributed by atoms with E-state index in [0.717, 1.165) is 5.56 Å². The molecule has 0 radical (unpaired) electrons. The minimum Gasteiger partial charge on any atom is -0.372 e. The van der Waals surface area contributed by atoms with Crippen molar-refractivity contribution in [2.75, 3.05) is 13.1 Å². The Bertz CT molecular complexity index is 911. The third-order valence-electron chi connectivity index (χ3n) is 4.30. The fraction of sp³-hybridized carbons (Fsp3) is 0.263. The van der Waals surface area contributed by atoms with Crippen molar-refractivity contribution in [2.45, 2.75) is 24.0 Å². The molecule has 2 aromatic carbocycles. The van der Waals surface area contributed by atoms with Gasteiger partial charge in [0.2, 0.25) is 10.0 Å². The molecule has 142 valence electrons. The van der Waals surface area contributed by atoms with Crippen molar-refractivity contribution >= 4 is 15.7 Å². The van der Waals surface area contributed by atoms with Gasteiger partial charge in [0.15, 0.2) is 0 Å². The van der Waals surface area contributed by atoms with E-state index in [0.29, 0.717) is 13.0 Å². The summed E-state index contributed by atoms with van der Waals surface area (Å²) < 4.78 is 33.1. The van der Waals surface area contributed by atoms with E-state index in [1.54, 1.807) is 6.08 Å². The zero-order valence-electron chi connectivity index (χ0n) is 14.6. The summed E-state index contributed by atoms with van der Waals surface area (Å²) in [7, 11) is -3.76. The van der Waals surface area contributed by atoms with Gasteiger partial charge in [0.25, 0.3) is 5.69 Å². The Morgan fingerprint density at radius 1 is 1.07 bits per heavy atom. The minimum atomic E-state index is -3.76. The van der Waals surface area contributed by atoms with Crippen molar-refractivity contribution in [3.8, 4) is 0 Å². The first-order chi connectivity index (χ1) is 13.0. The smallest absolute Gasteiger partial charge is 0.269 e. The van der Waals surface area contributed by atoms with Gasteiger partial charge in [-0.2, -0.15) is 4.31 Å². The van der Waals surface area contributed by atoms with E-state index in [-0.39, 0.29) is 29.8 Å². The molecule has 0 bridgehead atoms. The molecule has 8 heteroatoms. The van der Waals surface area contributed by atoms with Gasteiger partial charge in [-0.3, -0.25) is 10.1 Å². The number of benzene rings is 2. The normalized spacial score (nSPS) is 18.1. The number of hydrogen-bond donors (Lipinski definition) is 0. The highest BCUT2D eigenvalue weighted by Gasteiger charge is 2.28. The van der Waals surface area contributed by atoms with Gasteiger partial charge in [-0.1, -0.05) is 42.5 Å². The summed E-state index contributed by atoms with van der Waals surface area (Å²) in [5.41, 5.74) is 0.879. The van der Waals surface area contributed by atoms with Crippen molar-refractivity contribution in [1.29, 1.82) is 0 Å². The van der Waals surface area contributed by atoms with Crippen LogP contribution in [0.1, 0.15) is 12.0 Å². The molecule has 2 aromatic rings. The Kier molecular flexibility index (Phi) is 6.00. The molecule has 0 fully saturated rings. The lowest BCUT2D eigenvalue weighted by Crippen LogP contribution is -2.37. The van der Waals surface area contributed by atoms with Gasteiger partial charge in [-0.05, 0) is 24.1 Å². The molecule has 1 aliphatic heterocycles. The van der Waals surface area contributed by atoms with Crippen LogP contribution >= 0.6 is 0 Å². The molecular weight excluding hydrogens is 368 g/mol. The monoisotopic (exact) mass is 388 g/mol. The molecule has 0 aliphatic carbocycles. The molecule has 1 atom stereocenters. The minimum absolute atomic E-state index is 0.0326. The lowest BCUT2D eigenvalue weighted by atomic mass is 10.2. The van der Waals surface area contributed by atoms with Crippen molar-refractivity contribution in [3.63, 3.8) is 0 Å². The fourth-order valence-electron chi connectivity index (χ4n) is 2.81. The maximum absolute atomic E-state index is 12.9. The first-order valence-corrected chi connectivity index (χ1v) is 9.96. The van der Waals surface area contributed by atoms with Crippen molar-refractivity contribution in [1.82, 2.24) is 4.31 Å². The van der Waals surface area contributed by atoms with Crippen LogP contribution in [0, 0.1) is 10.1 Å². The van der Waals surface area contributed by atoms with E-state index < -0.39 is 14.9 Å². The van der Waals surface area contributed by atoms with Crippen LogP contribution in [-0.4, -0.2) is 36.8 Å². The number of nitrogens with zero attached hydrogens (tertiary/aromatic N) is 2. The molecule has 7 nitrogen and oxygen atoms in total. The molecule has 27 heavy (non-hydrogen) atoms. The summed E-state index contributed by atoms with van der Waals surface area (Å²) in [6, 6.07) is 14.6. The number of ether oxygens (including phenoxy) is 1. The molecule has 3 rings (SSSR count). The van der Waals surface area contributed by atoms with E-state index in [1.807, 2.05) is 36.4 Å². The van der Waals surface area contributed by atoms with E-state index in [9.17, 15) is 18.5 Å². The van der Waals surface area contributed by atoms with Gasteiger partial charge in [0.05, 0.1) is 22.5 Å². The number of sulfonamides is 1. The van der Waals surface area contributed by atoms with Crippen LogP contribution in [0.4, 0.5) is 5.69 Å². The molecule has 0 aromatic heterocycles. The first kappa shape index (κ1) is 19.2. The largest absolute Gasteiger partial charge is 0.372 e. The zero-order valence-corrected chi connectivity index (χ0v) is 15.4. The molecule has 1 heterocycles. The van der Waals surface area contributed by atoms with Crippen LogP contribution in [0.2, 0.25) is 0 Å². The first-order valence-electron chi connectivity index (χ1n) is 8.52. The summed E-state index contributed by atoms with van der Waals surface area (Å²) in [5, 5.41) is 10.8. The van der Waals surface area contributed by atoms with Crippen LogP contribution in [-0.2, 0) is 21.4 Å². The molecule has 0 saturated carbocycles. The number of rotatable bonds is 6. The highest BCUT2D eigenvalue weighted by molar-refractivity contribution is 7.89. The number of nitro groups is 1. The highest BCUT2D eigenvalue weighted by Crippen LogP contribution is 2.22. The quantitative estimate of drug-likeness (QED) is 0.431. The lowest BCUT2D eigenvalue weighted by molar-refractivity contribution is -0.384. The van der Waals surface area contributed by atoms with Gasteiger partial charge < -0.3 is 4.74 Å². The topological polar surface area (TPSA) is 89.8 Å². The standard InChI is InChI=1S/C19H20N2O5S/c22-21(23)17-9-11-19(12-10-17)27(24,25)20-13-5-4-8-18(14-20)26-15-16-6-2-1-3-7-16/h1-7,9-12,18H,8,13-15H2. The van der Waals surface area contributed by atoms with Gasteiger partial charge in [-0.15, -0.1) is 0 Å². The molecular formula is C19H20N2O5S. The van der Waals surface area contributed by atoms with Crippen LogP contribution in [0.25, 0.3) is 0 Å². The van der Waals surface area contributed by atoms with E-state index >= 15 is 0 Å². The van der Waals surface area contributed by atoms with Gasteiger partial charge in [-0.25, -0.2) is 8.42 Å². The highest BCUT2D eigenvalue weighted by atomic mass is 32.2. The summed E-state index contributed by atoms with van der Waals surface area (Å²) in [6.45, 7) is 0.869. The van der Waals surface area contributed by atoms with Gasteiger partial charge in [0, 0.05) is 25.2 Å². The predicted octanol–water partition coefficient (Wildman–Crippen LogP) is 3.13. The van der Waals surface area contributed by atoms with E-state index in [4.69, 9.17) is 4.74 Å². The molecule has 0 spiro atoms. The predicted molar refractivity (Wildman–Crippen MR) is 101 cm³/mol. The Morgan fingerprint density at radius 2 is 1.78 bits per heavy atom. The van der Waals surface area contributed by atoms with Crippen molar-refractivity contribution in [2.24, 2.45) is 0 Å². The van der Waals surface area contributed by atoms with Crippen LogP contribution in [0.15, 0.2) is 71.6 Å². The summed E-state index contributed by atoms with van der Waals surface area (Å²) in [4.78, 5) is 10.2. The summed E-state index contributed by atoms with van der Waals surface area (Å²) in [6.07, 6.45) is 4.08. The second-order valence-corrected chi connectivity index (χ2v) is 8.14. The maximum Gasteiger partial charge on any atom is 0.269 e. The molecule has 0 N–H and O–H groups in total. The fourth-order valence-corrected chi connectivity index (χ4v) is 4.23. The molecule has 0 saturated heterocycles. The summed E-state index contributed by atoms with van der Waals surface area (Å²) in [5.74, 6) is 0. The van der Waals surface area contributed by atoms with Gasteiger partial charge >= 0.3 is 0 Å². The molecule has 0 amide bonds. The van der Waals surface area contributed by atoms with Crippen molar-refractivity contribution < 1.29 is 18.1 Å².